The van der Waals surface area contributed by atoms with E-state index in [4.69, 9.17) is 4.74 Å². The Kier molecular flexibility index (Phi) is 3.35. The van der Waals surface area contributed by atoms with Gasteiger partial charge in [0.25, 0.3) is 0 Å². The first kappa shape index (κ1) is 12.2. The van der Waals surface area contributed by atoms with Gasteiger partial charge in [0, 0.05) is 7.05 Å². The van der Waals surface area contributed by atoms with Crippen LogP contribution in [0.5, 0.6) is 0 Å². The van der Waals surface area contributed by atoms with Gasteiger partial charge in [-0.3, -0.25) is 14.6 Å². The highest BCUT2D eigenvalue weighted by Gasteiger charge is 2.17. The molecule has 0 saturated heterocycles. The van der Waals surface area contributed by atoms with Gasteiger partial charge in [0.1, 0.15) is 17.9 Å². The molecule has 96 valence electrons. The summed E-state index contributed by atoms with van der Waals surface area (Å²) >= 11 is 0. The van der Waals surface area contributed by atoms with Crippen LogP contribution in [0, 0.1) is 5.82 Å². The highest BCUT2D eigenvalue weighted by molar-refractivity contribution is 5.71. The van der Waals surface area contributed by atoms with Crippen LogP contribution in [-0.4, -0.2) is 37.5 Å². The molecule has 2 rings (SSSR count). The monoisotopic (exact) mass is 253 g/mol. The van der Waals surface area contributed by atoms with Crippen molar-refractivity contribution in [1.29, 1.82) is 0 Å². The number of aromatic amines is 1. The van der Waals surface area contributed by atoms with Gasteiger partial charge in [-0.05, 0) is 6.92 Å². The molecule has 0 aliphatic rings. The van der Waals surface area contributed by atoms with E-state index < -0.39 is 11.8 Å². The summed E-state index contributed by atoms with van der Waals surface area (Å²) in [5.41, 5.74) is 0.168. The second-order valence-corrected chi connectivity index (χ2v) is 3.55. The molecule has 0 amide bonds. The molecule has 0 fully saturated rings. The molecule has 0 aromatic carbocycles. The van der Waals surface area contributed by atoms with E-state index in [-0.39, 0.29) is 17.9 Å². The molecule has 18 heavy (non-hydrogen) atoms. The van der Waals surface area contributed by atoms with Crippen molar-refractivity contribution < 1.29 is 13.9 Å². The van der Waals surface area contributed by atoms with Crippen LogP contribution in [0.2, 0.25) is 0 Å². The molecule has 0 aliphatic carbocycles. The van der Waals surface area contributed by atoms with Crippen LogP contribution in [0.15, 0.2) is 6.20 Å². The van der Waals surface area contributed by atoms with Crippen LogP contribution in [0.25, 0.3) is 11.5 Å². The van der Waals surface area contributed by atoms with Gasteiger partial charge in [-0.1, -0.05) is 0 Å². The number of rotatable bonds is 4. The number of nitrogens with zero attached hydrogens (tertiary/aromatic N) is 4. The van der Waals surface area contributed by atoms with Crippen molar-refractivity contribution in [1.82, 2.24) is 25.0 Å². The van der Waals surface area contributed by atoms with E-state index in [0.717, 1.165) is 6.20 Å². The first-order valence-electron chi connectivity index (χ1n) is 5.36. The van der Waals surface area contributed by atoms with Crippen LogP contribution in [-0.2, 0) is 23.0 Å². The molecule has 0 aliphatic heterocycles. The van der Waals surface area contributed by atoms with E-state index in [9.17, 15) is 9.18 Å². The Bertz CT molecular complexity index is 543. The number of esters is 1. The van der Waals surface area contributed by atoms with Crippen molar-refractivity contribution in [3.8, 4) is 11.5 Å². The number of hydrogen-bond donors (Lipinski definition) is 1. The average Bonchev–Trinajstić information content (AvgIpc) is 2.87. The van der Waals surface area contributed by atoms with E-state index in [1.165, 1.54) is 4.68 Å². The van der Waals surface area contributed by atoms with E-state index >= 15 is 0 Å². The Labute approximate surface area is 102 Å². The Morgan fingerprint density at radius 2 is 2.39 bits per heavy atom. The predicted octanol–water partition coefficient (Wildman–Crippen LogP) is 0.450. The fourth-order valence-electron chi connectivity index (χ4n) is 1.49. The number of nitrogens with one attached hydrogen (secondary N) is 1. The number of aromatic nitrogens is 5. The Morgan fingerprint density at radius 1 is 1.61 bits per heavy atom. The van der Waals surface area contributed by atoms with Crippen molar-refractivity contribution in [2.75, 3.05) is 6.61 Å². The van der Waals surface area contributed by atoms with Crippen LogP contribution < -0.4 is 0 Å². The fourth-order valence-corrected chi connectivity index (χ4v) is 1.49. The topological polar surface area (TPSA) is 85.7 Å². The molecule has 1 N–H and O–H groups in total. The molecule has 2 aromatic heterocycles. The Hall–Kier alpha value is -2.25. The van der Waals surface area contributed by atoms with Crippen LogP contribution >= 0.6 is 0 Å². The molecule has 0 atom stereocenters. The zero-order valence-corrected chi connectivity index (χ0v) is 9.97. The lowest BCUT2D eigenvalue weighted by Gasteiger charge is -1.97. The summed E-state index contributed by atoms with van der Waals surface area (Å²) < 4.78 is 19.5. The van der Waals surface area contributed by atoms with Gasteiger partial charge in [-0.25, -0.2) is 9.37 Å². The molecule has 0 bridgehead atoms. The molecule has 2 heterocycles. The number of hydrogen-bond acceptors (Lipinski definition) is 5. The highest BCUT2D eigenvalue weighted by Crippen LogP contribution is 2.17. The molecule has 7 nitrogen and oxygen atoms in total. The summed E-state index contributed by atoms with van der Waals surface area (Å²) in [6.07, 6.45) is 1.05. The normalized spacial score (nSPS) is 10.6. The average molecular weight is 253 g/mol. The minimum Gasteiger partial charge on any atom is -0.466 e. The van der Waals surface area contributed by atoms with Gasteiger partial charge in [-0.2, -0.15) is 10.2 Å². The second-order valence-electron chi connectivity index (χ2n) is 3.55. The fraction of sp³-hybridized carbons (Fsp3) is 0.400. The molecule has 0 saturated carbocycles. The third-order valence-corrected chi connectivity index (χ3v) is 2.25. The van der Waals surface area contributed by atoms with E-state index in [1.807, 2.05) is 0 Å². The molecular weight excluding hydrogens is 241 g/mol. The third-order valence-electron chi connectivity index (χ3n) is 2.25. The van der Waals surface area contributed by atoms with Gasteiger partial charge in [0.2, 0.25) is 5.82 Å². The molecule has 0 spiro atoms. The minimum atomic E-state index is -0.515. The van der Waals surface area contributed by atoms with Crippen molar-refractivity contribution in [2.24, 2.45) is 7.05 Å². The SMILES string of the molecule is CCOC(=O)Cc1nc(-c2c(F)cnn2C)n[nH]1. The van der Waals surface area contributed by atoms with Crippen molar-refractivity contribution in [2.45, 2.75) is 13.3 Å². The first-order chi connectivity index (χ1) is 8.61. The van der Waals surface area contributed by atoms with Crippen molar-refractivity contribution in [3.05, 3.63) is 17.8 Å². The van der Waals surface area contributed by atoms with Crippen molar-refractivity contribution in [3.63, 3.8) is 0 Å². The molecule has 0 unspecified atom stereocenters. The summed E-state index contributed by atoms with van der Waals surface area (Å²) in [4.78, 5) is 15.3. The number of H-pyrrole nitrogens is 1. The van der Waals surface area contributed by atoms with Crippen LogP contribution in [0.4, 0.5) is 4.39 Å². The second kappa shape index (κ2) is 4.94. The van der Waals surface area contributed by atoms with E-state index in [1.54, 1.807) is 14.0 Å². The molecule has 2 aromatic rings. The molecule has 0 radical (unpaired) electrons. The zero-order chi connectivity index (χ0) is 13.1. The number of carbonyl (C=O) groups excluding carboxylic acids is 1. The summed E-state index contributed by atoms with van der Waals surface area (Å²) in [5, 5.41) is 10.2. The maximum atomic E-state index is 13.4. The quantitative estimate of drug-likeness (QED) is 0.799. The van der Waals surface area contributed by atoms with Crippen LogP contribution in [0.3, 0.4) is 0 Å². The lowest BCUT2D eigenvalue weighted by Crippen LogP contribution is -2.08. The number of aryl methyl sites for hydroxylation is 1. The van der Waals surface area contributed by atoms with Crippen LogP contribution in [0.1, 0.15) is 12.7 Å². The summed E-state index contributed by atoms with van der Waals surface area (Å²) in [6, 6.07) is 0. The highest BCUT2D eigenvalue weighted by atomic mass is 19.1. The number of ether oxygens (including phenoxy) is 1. The Balaban J connectivity index is 2.18. The summed E-state index contributed by atoms with van der Waals surface area (Å²) in [6.45, 7) is 2.02. The number of carbonyl (C=O) groups is 1. The van der Waals surface area contributed by atoms with Gasteiger partial charge in [0.15, 0.2) is 5.82 Å². The number of halogens is 1. The largest absolute Gasteiger partial charge is 0.466 e. The van der Waals surface area contributed by atoms with Crippen molar-refractivity contribution >= 4 is 5.97 Å². The molecular formula is C10H12FN5O2. The van der Waals surface area contributed by atoms with Gasteiger partial charge < -0.3 is 4.74 Å². The lowest BCUT2D eigenvalue weighted by atomic mass is 10.4. The smallest absolute Gasteiger partial charge is 0.313 e. The maximum absolute atomic E-state index is 13.4. The van der Waals surface area contributed by atoms with Gasteiger partial charge in [-0.15, -0.1) is 0 Å². The minimum absolute atomic E-state index is 0.0275. The predicted molar refractivity (Wildman–Crippen MR) is 58.9 cm³/mol. The standard InChI is InChI=1S/C10H12FN5O2/c1-3-18-8(17)4-7-13-10(15-14-7)9-6(11)5-12-16(9)2/h5H,3-4H2,1-2H3,(H,13,14,15). The summed E-state index contributed by atoms with van der Waals surface area (Å²) in [7, 11) is 1.58. The first-order valence-corrected chi connectivity index (χ1v) is 5.36. The third kappa shape index (κ3) is 2.36. The van der Waals surface area contributed by atoms with Gasteiger partial charge in [0.05, 0.1) is 12.8 Å². The van der Waals surface area contributed by atoms with E-state index in [0.29, 0.717) is 12.4 Å². The molecule has 8 heteroatoms. The van der Waals surface area contributed by atoms with E-state index in [2.05, 4.69) is 20.3 Å². The lowest BCUT2D eigenvalue weighted by molar-refractivity contribution is -0.142. The Morgan fingerprint density at radius 3 is 3.00 bits per heavy atom. The maximum Gasteiger partial charge on any atom is 0.313 e. The zero-order valence-electron chi connectivity index (χ0n) is 9.97. The van der Waals surface area contributed by atoms with Gasteiger partial charge >= 0.3 is 5.97 Å². The summed E-state index contributed by atoms with van der Waals surface area (Å²) in [5.74, 6) is -0.444.